The number of rotatable bonds is 66. The van der Waals surface area contributed by atoms with Crippen LogP contribution in [-0.2, 0) is 23.8 Å². The maximum atomic E-state index is 13.0. The van der Waals surface area contributed by atoms with Gasteiger partial charge in [-0.3, -0.25) is 9.59 Å². The summed E-state index contributed by atoms with van der Waals surface area (Å²) in [7, 11) is 0. The highest BCUT2D eigenvalue weighted by Crippen LogP contribution is 2.24. The number of hydrogen-bond acceptors (Lipinski definition) is 10. The van der Waals surface area contributed by atoms with Crippen LogP contribution in [0.5, 0.6) is 0 Å². The Balaban J connectivity index is 1.87. The first-order chi connectivity index (χ1) is 42.2. The Morgan fingerprint density at radius 1 is 0.430 bits per heavy atom. The predicted molar refractivity (Wildman–Crippen MR) is 361 cm³/mol. The van der Waals surface area contributed by atoms with Gasteiger partial charge in [0.05, 0.1) is 32.0 Å². The molecule has 1 fully saturated rings. The molecule has 6 N–H and O–H groups in total. The molecule has 86 heavy (non-hydrogen) atoms. The molecule has 11 nitrogen and oxygen atoms in total. The molecule has 0 saturated carbocycles. The fraction of sp³-hybridized carbons (Fsp3) is 0.893. The van der Waals surface area contributed by atoms with Gasteiger partial charge in [0.25, 0.3) is 0 Å². The highest BCUT2D eigenvalue weighted by molar-refractivity contribution is 5.76. The molecule has 1 heterocycles. The zero-order chi connectivity index (χ0) is 62.3. The molecule has 1 rings (SSSR count). The lowest BCUT2D eigenvalue weighted by atomic mass is 9.99. The van der Waals surface area contributed by atoms with Gasteiger partial charge in [0.15, 0.2) is 6.29 Å². The van der Waals surface area contributed by atoms with Crippen LogP contribution < -0.4 is 5.32 Å². The van der Waals surface area contributed by atoms with Gasteiger partial charge in [-0.2, -0.15) is 0 Å². The highest BCUT2D eigenvalue weighted by atomic mass is 16.7. The number of unbranched alkanes of at least 4 members (excludes halogenated alkanes) is 48. The van der Waals surface area contributed by atoms with Gasteiger partial charge in [0.2, 0.25) is 5.91 Å². The number of hydrogen-bond donors (Lipinski definition) is 6. The van der Waals surface area contributed by atoms with Crippen molar-refractivity contribution in [3.63, 3.8) is 0 Å². The summed E-state index contributed by atoms with van der Waals surface area (Å²) < 4.78 is 16.7. The van der Waals surface area contributed by atoms with E-state index in [-0.39, 0.29) is 18.5 Å². The van der Waals surface area contributed by atoms with E-state index >= 15 is 0 Å². The first-order valence-corrected chi connectivity index (χ1v) is 37.3. The number of carbonyl (C=O) groups is 2. The summed E-state index contributed by atoms with van der Waals surface area (Å²) in [6, 6.07) is -0.805. The topological polar surface area (TPSA) is 175 Å². The molecule has 0 radical (unpaired) electrons. The van der Waals surface area contributed by atoms with Gasteiger partial charge in [-0.15, -0.1) is 0 Å². The molecule has 1 amide bonds. The molecule has 0 bridgehead atoms. The van der Waals surface area contributed by atoms with Crippen molar-refractivity contribution in [3.05, 3.63) is 36.5 Å². The van der Waals surface area contributed by atoms with Crippen LogP contribution in [0.2, 0.25) is 0 Å². The fourth-order valence-corrected chi connectivity index (χ4v) is 11.9. The van der Waals surface area contributed by atoms with E-state index in [1.165, 1.54) is 276 Å². The van der Waals surface area contributed by atoms with Crippen molar-refractivity contribution in [3.8, 4) is 0 Å². The highest BCUT2D eigenvalue weighted by Gasteiger charge is 2.44. The van der Waals surface area contributed by atoms with E-state index in [1.807, 2.05) is 6.08 Å². The molecule has 0 aromatic carbocycles. The zero-order valence-electron chi connectivity index (χ0n) is 56.3. The SMILES string of the molecule is CCCCC/C=C\C/C=C\CCCCCCCCCCCC(=O)OCCCCCCCCCCCCCCCCCCCCCCCCCCCCCCCCC(=O)NC(COC1OC(CO)C(O)C(O)C1O)C(O)/C=C/CCCCCCCCC. The molecule has 506 valence electrons. The van der Waals surface area contributed by atoms with Gasteiger partial charge in [-0.05, 0) is 64.2 Å². The number of amides is 1. The number of carbonyl (C=O) groups excluding carboxylic acids is 2. The summed E-state index contributed by atoms with van der Waals surface area (Å²) >= 11 is 0. The van der Waals surface area contributed by atoms with Gasteiger partial charge in [0.1, 0.15) is 24.4 Å². The van der Waals surface area contributed by atoms with Crippen molar-refractivity contribution in [1.82, 2.24) is 5.32 Å². The Hall–Kier alpha value is -2.12. The molecular weight excluding hydrogens is 1070 g/mol. The molecule has 1 aliphatic rings. The van der Waals surface area contributed by atoms with Crippen LogP contribution in [0.3, 0.4) is 0 Å². The summed E-state index contributed by atoms with van der Waals surface area (Å²) in [6.45, 7) is 4.33. The van der Waals surface area contributed by atoms with E-state index in [9.17, 15) is 35.1 Å². The molecule has 0 aromatic rings. The third kappa shape index (κ3) is 52.6. The third-order valence-corrected chi connectivity index (χ3v) is 17.7. The lowest BCUT2D eigenvalue weighted by Gasteiger charge is -2.40. The number of esters is 1. The Bertz CT molecular complexity index is 1520. The fourth-order valence-electron chi connectivity index (χ4n) is 11.9. The van der Waals surface area contributed by atoms with Gasteiger partial charge in [-0.25, -0.2) is 0 Å². The minimum atomic E-state index is -1.57. The maximum Gasteiger partial charge on any atom is 0.305 e. The molecule has 0 aromatic heterocycles. The molecule has 7 atom stereocenters. The van der Waals surface area contributed by atoms with Gasteiger partial charge in [-0.1, -0.05) is 326 Å². The maximum absolute atomic E-state index is 13.0. The Morgan fingerprint density at radius 3 is 1.20 bits per heavy atom. The second-order valence-corrected chi connectivity index (χ2v) is 26.0. The summed E-state index contributed by atoms with van der Waals surface area (Å²) in [5.41, 5.74) is 0. The van der Waals surface area contributed by atoms with Crippen molar-refractivity contribution in [2.24, 2.45) is 0 Å². The van der Waals surface area contributed by atoms with Crippen molar-refractivity contribution in [2.75, 3.05) is 19.8 Å². The second kappa shape index (κ2) is 64.4. The standard InChI is InChI=1S/C75H141NO10/c1-3-5-7-9-11-13-14-15-16-17-30-34-37-40-43-47-51-55-59-63-71(80)84-64-60-56-52-48-44-41-38-35-32-29-27-25-23-21-19-18-20-22-24-26-28-31-33-36-39-42-46-50-54-58-62-70(79)76-67(68(78)61-57-53-49-45-12-10-8-6-4-2)66-85-75-74(83)73(82)72(81)69(65-77)86-75/h11,13,15-16,57,61,67-69,72-75,77-78,81-83H,3-10,12,14,17-56,58-60,62-66H2,1-2H3,(H,76,79)/b13-11-,16-15-,61-57+. The van der Waals surface area contributed by atoms with E-state index in [0.29, 0.717) is 19.4 Å². The Kier molecular flexibility index (Phi) is 61.3. The van der Waals surface area contributed by atoms with E-state index < -0.39 is 49.5 Å². The molecule has 1 aliphatic heterocycles. The summed E-state index contributed by atoms with van der Waals surface area (Å²) in [4.78, 5) is 25.2. The molecule has 0 spiro atoms. The summed E-state index contributed by atoms with van der Waals surface area (Å²) in [6.07, 6.45) is 73.1. The normalized spacial score (nSPS) is 18.1. The molecule has 0 aliphatic carbocycles. The van der Waals surface area contributed by atoms with E-state index in [0.717, 1.165) is 64.2 Å². The number of aliphatic hydroxyl groups is 5. The predicted octanol–water partition coefficient (Wildman–Crippen LogP) is 19.4. The second-order valence-electron chi connectivity index (χ2n) is 26.0. The summed E-state index contributed by atoms with van der Waals surface area (Å²) in [5, 5.41) is 54.3. The van der Waals surface area contributed by atoms with Crippen molar-refractivity contribution < 1.29 is 49.3 Å². The third-order valence-electron chi connectivity index (χ3n) is 17.7. The van der Waals surface area contributed by atoms with Crippen molar-refractivity contribution in [1.29, 1.82) is 0 Å². The first kappa shape index (κ1) is 81.9. The van der Waals surface area contributed by atoms with Crippen LogP contribution in [0, 0.1) is 0 Å². The van der Waals surface area contributed by atoms with Gasteiger partial charge >= 0.3 is 5.97 Å². The minimum absolute atomic E-state index is 0.00843. The monoisotopic (exact) mass is 1220 g/mol. The number of nitrogens with one attached hydrogen (secondary N) is 1. The van der Waals surface area contributed by atoms with Crippen LogP contribution in [0.4, 0.5) is 0 Å². The van der Waals surface area contributed by atoms with Crippen molar-refractivity contribution in [2.45, 2.75) is 410 Å². The molecule has 11 heteroatoms. The molecule has 7 unspecified atom stereocenters. The van der Waals surface area contributed by atoms with Crippen molar-refractivity contribution >= 4 is 11.9 Å². The van der Waals surface area contributed by atoms with Crippen LogP contribution in [0.15, 0.2) is 36.5 Å². The van der Waals surface area contributed by atoms with E-state index in [4.69, 9.17) is 14.2 Å². The Labute approximate surface area is 530 Å². The largest absolute Gasteiger partial charge is 0.466 e. The summed E-state index contributed by atoms with van der Waals surface area (Å²) in [5.74, 6) is -0.170. The average Bonchev–Trinajstić information content (AvgIpc) is 3.60. The Morgan fingerprint density at radius 2 is 0.779 bits per heavy atom. The first-order valence-electron chi connectivity index (χ1n) is 37.3. The van der Waals surface area contributed by atoms with Crippen LogP contribution in [0.25, 0.3) is 0 Å². The average molecular weight is 1220 g/mol. The van der Waals surface area contributed by atoms with E-state index in [1.54, 1.807) is 6.08 Å². The smallest absolute Gasteiger partial charge is 0.305 e. The van der Waals surface area contributed by atoms with Crippen LogP contribution >= 0.6 is 0 Å². The van der Waals surface area contributed by atoms with Gasteiger partial charge in [0, 0.05) is 12.8 Å². The van der Waals surface area contributed by atoms with Crippen LogP contribution in [-0.4, -0.2) is 100 Å². The quantitative estimate of drug-likeness (QED) is 0.0195. The number of ether oxygens (including phenoxy) is 3. The minimum Gasteiger partial charge on any atom is -0.466 e. The molecule has 1 saturated heterocycles. The number of allylic oxidation sites excluding steroid dienone is 5. The molecular formula is C75H141NO10. The number of aliphatic hydroxyl groups excluding tert-OH is 5. The zero-order valence-corrected chi connectivity index (χ0v) is 56.3. The van der Waals surface area contributed by atoms with Crippen LogP contribution in [0.1, 0.15) is 367 Å². The van der Waals surface area contributed by atoms with E-state index in [2.05, 4.69) is 43.5 Å². The van der Waals surface area contributed by atoms with Gasteiger partial charge < -0.3 is 45.1 Å². The lowest BCUT2D eigenvalue weighted by molar-refractivity contribution is -0.302. The lowest BCUT2D eigenvalue weighted by Crippen LogP contribution is -2.60.